The Balaban J connectivity index is 1.81. The Morgan fingerprint density at radius 2 is 2.26 bits per heavy atom. The van der Waals surface area contributed by atoms with Crippen LogP contribution in [0, 0.1) is 0 Å². The van der Waals surface area contributed by atoms with Gasteiger partial charge in [0.05, 0.1) is 18.6 Å². The molecule has 5 heteroatoms. The molecule has 0 aliphatic heterocycles. The van der Waals surface area contributed by atoms with Gasteiger partial charge in [0.2, 0.25) is 0 Å². The molecule has 0 radical (unpaired) electrons. The summed E-state index contributed by atoms with van der Waals surface area (Å²) in [6.07, 6.45) is 2.77. The van der Waals surface area contributed by atoms with Crippen LogP contribution in [0.5, 0.6) is 0 Å². The topological polar surface area (TPSA) is 62.5 Å². The van der Waals surface area contributed by atoms with Crippen molar-refractivity contribution >= 4 is 17.5 Å². The molecule has 1 amide bonds. The highest BCUT2D eigenvalue weighted by atomic mass is 35.5. The van der Waals surface area contributed by atoms with Gasteiger partial charge in [-0.25, -0.2) is 0 Å². The Morgan fingerprint density at radius 3 is 2.95 bits per heavy atom. The first kappa shape index (κ1) is 13.6. The molecule has 0 saturated heterocycles. The molecule has 2 rings (SSSR count). The van der Waals surface area contributed by atoms with Gasteiger partial charge >= 0.3 is 0 Å². The van der Waals surface area contributed by atoms with Gasteiger partial charge in [-0.2, -0.15) is 0 Å². The Labute approximate surface area is 116 Å². The molecule has 100 valence electrons. The Bertz CT molecular complexity index is 539. The molecule has 1 aromatic heterocycles. The third-order valence-electron chi connectivity index (χ3n) is 2.72. The molecule has 0 saturated carbocycles. The summed E-state index contributed by atoms with van der Waals surface area (Å²) in [6, 6.07) is 8.42. The Morgan fingerprint density at radius 1 is 1.42 bits per heavy atom. The molecule has 0 aliphatic rings. The standard InChI is InChI=1S/C14H14ClNO3/c15-12-3-1-2-10(8-12)14(18)16-6-4-13(17)11-5-7-19-9-11/h1-3,5,7-9,13,17H,4,6H2,(H,16,18)/t13-/m0/s1. The predicted octanol–water partition coefficient (Wildman–Crippen LogP) is 2.79. The van der Waals surface area contributed by atoms with E-state index in [0.29, 0.717) is 29.1 Å². The zero-order valence-electron chi connectivity index (χ0n) is 10.2. The SMILES string of the molecule is O=C(NCC[C@H](O)c1ccoc1)c1cccc(Cl)c1. The molecule has 1 aromatic carbocycles. The molecule has 0 unspecified atom stereocenters. The number of aliphatic hydroxyl groups is 1. The molecule has 0 spiro atoms. The lowest BCUT2D eigenvalue weighted by Gasteiger charge is -2.09. The molecular formula is C14H14ClNO3. The van der Waals surface area contributed by atoms with Crippen LogP contribution in [0.15, 0.2) is 47.3 Å². The van der Waals surface area contributed by atoms with Crippen LogP contribution in [0.4, 0.5) is 0 Å². The van der Waals surface area contributed by atoms with Crippen molar-refractivity contribution in [2.24, 2.45) is 0 Å². The van der Waals surface area contributed by atoms with Gasteiger partial charge in [-0.05, 0) is 30.7 Å². The van der Waals surface area contributed by atoms with E-state index in [1.165, 1.54) is 12.5 Å². The maximum Gasteiger partial charge on any atom is 0.251 e. The summed E-state index contributed by atoms with van der Waals surface area (Å²) in [4.78, 5) is 11.8. The van der Waals surface area contributed by atoms with E-state index in [0.717, 1.165) is 0 Å². The Kier molecular flexibility index (Phi) is 4.60. The van der Waals surface area contributed by atoms with Crippen molar-refractivity contribution < 1.29 is 14.3 Å². The zero-order valence-corrected chi connectivity index (χ0v) is 10.9. The normalized spacial score (nSPS) is 12.1. The van der Waals surface area contributed by atoms with Crippen LogP contribution in [0.2, 0.25) is 5.02 Å². The molecule has 2 aromatic rings. The fraction of sp³-hybridized carbons (Fsp3) is 0.214. The van der Waals surface area contributed by atoms with E-state index in [-0.39, 0.29) is 5.91 Å². The van der Waals surface area contributed by atoms with Crippen LogP contribution >= 0.6 is 11.6 Å². The van der Waals surface area contributed by atoms with Gasteiger partial charge in [0.1, 0.15) is 0 Å². The number of nitrogens with one attached hydrogen (secondary N) is 1. The van der Waals surface area contributed by atoms with Crippen molar-refractivity contribution in [3.8, 4) is 0 Å². The van der Waals surface area contributed by atoms with Gasteiger partial charge in [0.25, 0.3) is 5.91 Å². The summed E-state index contributed by atoms with van der Waals surface area (Å²) < 4.78 is 4.88. The molecule has 0 bridgehead atoms. The first-order chi connectivity index (χ1) is 9.16. The van der Waals surface area contributed by atoms with Crippen LogP contribution in [-0.2, 0) is 0 Å². The highest BCUT2D eigenvalue weighted by Crippen LogP contribution is 2.16. The smallest absolute Gasteiger partial charge is 0.251 e. The summed E-state index contributed by atoms with van der Waals surface area (Å²) in [7, 11) is 0. The second kappa shape index (κ2) is 6.41. The number of hydrogen-bond acceptors (Lipinski definition) is 3. The van der Waals surface area contributed by atoms with E-state index in [9.17, 15) is 9.90 Å². The second-order valence-corrected chi connectivity index (χ2v) is 4.56. The monoisotopic (exact) mass is 279 g/mol. The van der Waals surface area contributed by atoms with Crippen molar-refractivity contribution in [1.29, 1.82) is 0 Å². The van der Waals surface area contributed by atoms with Gasteiger partial charge in [0.15, 0.2) is 0 Å². The van der Waals surface area contributed by atoms with E-state index < -0.39 is 6.10 Å². The van der Waals surface area contributed by atoms with Gasteiger partial charge in [0, 0.05) is 22.7 Å². The van der Waals surface area contributed by atoms with E-state index in [4.69, 9.17) is 16.0 Å². The van der Waals surface area contributed by atoms with E-state index in [1.807, 2.05) is 0 Å². The van der Waals surface area contributed by atoms with Gasteiger partial charge < -0.3 is 14.8 Å². The summed E-state index contributed by atoms with van der Waals surface area (Å²) in [5, 5.41) is 13.1. The minimum Gasteiger partial charge on any atom is -0.472 e. The maximum atomic E-state index is 11.8. The van der Waals surface area contributed by atoms with Crippen LogP contribution in [0.3, 0.4) is 0 Å². The van der Waals surface area contributed by atoms with Crippen molar-refractivity contribution in [2.45, 2.75) is 12.5 Å². The van der Waals surface area contributed by atoms with Crippen LogP contribution in [0.25, 0.3) is 0 Å². The highest BCUT2D eigenvalue weighted by molar-refractivity contribution is 6.30. The number of amides is 1. The lowest BCUT2D eigenvalue weighted by molar-refractivity contribution is 0.0942. The average molecular weight is 280 g/mol. The number of aliphatic hydroxyl groups excluding tert-OH is 1. The van der Waals surface area contributed by atoms with Crippen molar-refractivity contribution in [1.82, 2.24) is 5.32 Å². The number of carbonyl (C=O) groups excluding carboxylic acids is 1. The molecule has 1 heterocycles. The summed E-state index contributed by atoms with van der Waals surface area (Å²) in [6.45, 7) is 0.373. The van der Waals surface area contributed by atoms with Gasteiger partial charge in [-0.15, -0.1) is 0 Å². The molecule has 0 fully saturated rings. The van der Waals surface area contributed by atoms with Crippen molar-refractivity contribution in [3.63, 3.8) is 0 Å². The van der Waals surface area contributed by atoms with Crippen LogP contribution < -0.4 is 5.32 Å². The van der Waals surface area contributed by atoms with Crippen molar-refractivity contribution in [3.05, 3.63) is 59.0 Å². The largest absolute Gasteiger partial charge is 0.472 e. The molecular weight excluding hydrogens is 266 g/mol. The van der Waals surface area contributed by atoms with E-state index in [1.54, 1.807) is 30.3 Å². The number of benzene rings is 1. The minimum atomic E-state index is -0.640. The average Bonchev–Trinajstić information content (AvgIpc) is 2.92. The lowest BCUT2D eigenvalue weighted by atomic mass is 10.1. The highest BCUT2D eigenvalue weighted by Gasteiger charge is 2.10. The predicted molar refractivity (Wildman–Crippen MR) is 72.1 cm³/mol. The van der Waals surface area contributed by atoms with Crippen molar-refractivity contribution in [2.75, 3.05) is 6.54 Å². The van der Waals surface area contributed by atoms with Gasteiger partial charge in [-0.3, -0.25) is 4.79 Å². The third kappa shape index (κ3) is 3.84. The number of hydrogen-bond donors (Lipinski definition) is 2. The summed E-state index contributed by atoms with van der Waals surface area (Å²) in [5.74, 6) is -0.207. The van der Waals surface area contributed by atoms with E-state index >= 15 is 0 Å². The number of furan rings is 1. The third-order valence-corrected chi connectivity index (χ3v) is 2.95. The number of rotatable bonds is 5. The first-order valence-corrected chi connectivity index (χ1v) is 6.28. The fourth-order valence-electron chi connectivity index (χ4n) is 1.69. The molecule has 0 aliphatic carbocycles. The first-order valence-electron chi connectivity index (χ1n) is 5.91. The molecule has 4 nitrogen and oxygen atoms in total. The number of halogens is 1. The molecule has 19 heavy (non-hydrogen) atoms. The zero-order chi connectivity index (χ0) is 13.7. The fourth-order valence-corrected chi connectivity index (χ4v) is 1.88. The van der Waals surface area contributed by atoms with Crippen LogP contribution in [0.1, 0.15) is 28.4 Å². The molecule has 1 atom stereocenters. The maximum absolute atomic E-state index is 11.8. The Hall–Kier alpha value is -1.78. The summed E-state index contributed by atoms with van der Waals surface area (Å²) in [5.41, 5.74) is 1.21. The minimum absolute atomic E-state index is 0.207. The molecule has 2 N–H and O–H groups in total. The second-order valence-electron chi connectivity index (χ2n) is 4.13. The lowest BCUT2D eigenvalue weighted by Crippen LogP contribution is -2.25. The summed E-state index contributed by atoms with van der Waals surface area (Å²) >= 11 is 5.81. The van der Waals surface area contributed by atoms with E-state index in [2.05, 4.69) is 5.32 Å². The van der Waals surface area contributed by atoms with Crippen LogP contribution in [-0.4, -0.2) is 17.6 Å². The quantitative estimate of drug-likeness (QED) is 0.885. The van der Waals surface area contributed by atoms with Gasteiger partial charge in [-0.1, -0.05) is 17.7 Å². The number of carbonyl (C=O) groups is 1.